The zero-order valence-corrected chi connectivity index (χ0v) is 16.8. The molecule has 2 aromatic carbocycles. The summed E-state index contributed by atoms with van der Waals surface area (Å²) in [4.78, 5) is 31.9. The molecule has 1 aliphatic heterocycles. The number of para-hydroxylation sites is 1. The van der Waals surface area contributed by atoms with Gasteiger partial charge in [0.05, 0.1) is 5.92 Å². The van der Waals surface area contributed by atoms with E-state index in [1.54, 1.807) is 12.4 Å². The molecule has 1 N–H and O–H groups in total. The van der Waals surface area contributed by atoms with Crippen molar-refractivity contribution in [1.82, 2.24) is 9.88 Å². The van der Waals surface area contributed by atoms with Crippen molar-refractivity contribution < 1.29 is 9.59 Å². The van der Waals surface area contributed by atoms with Crippen LogP contribution in [0.15, 0.2) is 85.2 Å². The molecular formula is C25H25N3O2. The highest BCUT2D eigenvalue weighted by atomic mass is 16.2. The molecule has 0 aliphatic carbocycles. The van der Waals surface area contributed by atoms with Gasteiger partial charge < -0.3 is 10.2 Å². The van der Waals surface area contributed by atoms with Gasteiger partial charge in [0.25, 0.3) is 0 Å². The number of aromatic nitrogens is 1. The summed E-state index contributed by atoms with van der Waals surface area (Å²) in [5.41, 5.74) is 2.94. The van der Waals surface area contributed by atoms with Crippen LogP contribution < -0.4 is 5.32 Å². The zero-order valence-electron chi connectivity index (χ0n) is 16.8. The molecular weight excluding hydrogens is 374 g/mol. The van der Waals surface area contributed by atoms with Crippen LogP contribution in [-0.4, -0.2) is 28.2 Å². The Kier molecular flexibility index (Phi) is 6.18. The van der Waals surface area contributed by atoms with Crippen molar-refractivity contribution in [2.75, 3.05) is 11.9 Å². The van der Waals surface area contributed by atoms with Crippen LogP contribution in [0.4, 0.5) is 5.69 Å². The van der Waals surface area contributed by atoms with Crippen molar-refractivity contribution in [3.63, 3.8) is 0 Å². The molecule has 1 fully saturated rings. The summed E-state index contributed by atoms with van der Waals surface area (Å²) in [6, 6.07) is 23.4. The third kappa shape index (κ3) is 4.92. The molecule has 0 radical (unpaired) electrons. The summed E-state index contributed by atoms with van der Waals surface area (Å²) in [5.74, 6) is -0.312. The Balaban J connectivity index is 1.49. The van der Waals surface area contributed by atoms with E-state index in [9.17, 15) is 9.59 Å². The van der Waals surface area contributed by atoms with Crippen molar-refractivity contribution in [2.24, 2.45) is 11.8 Å². The van der Waals surface area contributed by atoms with E-state index in [1.165, 1.54) is 5.56 Å². The van der Waals surface area contributed by atoms with E-state index in [4.69, 9.17) is 0 Å². The molecule has 0 saturated carbocycles. The zero-order chi connectivity index (χ0) is 20.8. The van der Waals surface area contributed by atoms with Gasteiger partial charge in [0.2, 0.25) is 11.8 Å². The van der Waals surface area contributed by atoms with Crippen LogP contribution in [0, 0.1) is 11.8 Å². The molecule has 1 aromatic heterocycles. The minimum Gasteiger partial charge on any atom is -0.338 e. The number of benzene rings is 2. The lowest BCUT2D eigenvalue weighted by atomic mass is 9.87. The molecule has 0 bridgehead atoms. The highest BCUT2D eigenvalue weighted by molar-refractivity contribution is 5.94. The first-order chi connectivity index (χ1) is 14.7. The van der Waals surface area contributed by atoms with Crippen molar-refractivity contribution >= 4 is 17.5 Å². The number of hydrogen-bond acceptors (Lipinski definition) is 3. The second-order valence-corrected chi connectivity index (χ2v) is 7.75. The number of nitrogens with zero attached hydrogens (tertiary/aromatic N) is 2. The predicted molar refractivity (Wildman–Crippen MR) is 116 cm³/mol. The van der Waals surface area contributed by atoms with Gasteiger partial charge in [-0.2, -0.15) is 0 Å². The lowest BCUT2D eigenvalue weighted by Gasteiger charge is -2.16. The van der Waals surface area contributed by atoms with Gasteiger partial charge in [0.1, 0.15) is 0 Å². The van der Waals surface area contributed by atoms with E-state index < -0.39 is 0 Å². The molecule has 4 rings (SSSR count). The van der Waals surface area contributed by atoms with Crippen molar-refractivity contribution in [3.8, 4) is 0 Å². The second kappa shape index (κ2) is 9.35. The Morgan fingerprint density at radius 1 is 0.967 bits per heavy atom. The molecule has 5 nitrogen and oxygen atoms in total. The molecule has 0 unspecified atom stereocenters. The average Bonchev–Trinajstić information content (AvgIpc) is 3.04. The number of rotatable bonds is 7. The first kappa shape index (κ1) is 19.8. The van der Waals surface area contributed by atoms with Crippen molar-refractivity contribution in [2.45, 2.75) is 19.4 Å². The minimum atomic E-state index is -0.328. The second-order valence-electron chi connectivity index (χ2n) is 7.75. The summed E-state index contributed by atoms with van der Waals surface area (Å²) >= 11 is 0. The Morgan fingerprint density at radius 2 is 1.67 bits per heavy atom. The van der Waals surface area contributed by atoms with E-state index in [2.05, 4.69) is 22.4 Å². The first-order valence-corrected chi connectivity index (χ1v) is 10.3. The van der Waals surface area contributed by atoms with Crippen LogP contribution in [0.2, 0.25) is 0 Å². The minimum absolute atomic E-state index is 0.0444. The largest absolute Gasteiger partial charge is 0.338 e. The number of nitrogens with one attached hydrogen (secondary N) is 1. The first-order valence-electron chi connectivity index (χ1n) is 10.3. The van der Waals surface area contributed by atoms with E-state index in [1.807, 2.05) is 65.6 Å². The van der Waals surface area contributed by atoms with Crippen LogP contribution in [0.5, 0.6) is 0 Å². The van der Waals surface area contributed by atoms with E-state index >= 15 is 0 Å². The van der Waals surface area contributed by atoms with Crippen LogP contribution in [-0.2, 0) is 22.6 Å². The monoisotopic (exact) mass is 399 g/mol. The van der Waals surface area contributed by atoms with Gasteiger partial charge in [-0.3, -0.25) is 14.6 Å². The third-order valence-corrected chi connectivity index (χ3v) is 5.55. The Morgan fingerprint density at radius 3 is 2.37 bits per heavy atom. The standard InChI is InChI=1S/C25H25N3O2/c29-24(27-22-11-5-2-6-12-22)15-23-21(14-19-8-3-1-4-9-19)18-28(25(23)30)17-20-10-7-13-26-16-20/h1-13,16,21,23H,14-15,17-18H2,(H,27,29)/t21-,23+/m0/s1. The summed E-state index contributed by atoms with van der Waals surface area (Å²) in [6.45, 7) is 1.17. The van der Waals surface area contributed by atoms with E-state index in [0.29, 0.717) is 13.1 Å². The fourth-order valence-corrected chi connectivity index (χ4v) is 4.10. The van der Waals surface area contributed by atoms with Crippen LogP contribution in [0.1, 0.15) is 17.5 Å². The lowest BCUT2D eigenvalue weighted by Crippen LogP contribution is -2.29. The number of pyridine rings is 1. The van der Waals surface area contributed by atoms with Crippen LogP contribution >= 0.6 is 0 Å². The van der Waals surface area contributed by atoms with Gasteiger partial charge in [-0.05, 0) is 41.7 Å². The van der Waals surface area contributed by atoms with Crippen molar-refractivity contribution in [3.05, 3.63) is 96.3 Å². The number of carbonyl (C=O) groups excluding carboxylic acids is 2. The van der Waals surface area contributed by atoms with Gasteiger partial charge >= 0.3 is 0 Å². The number of hydrogen-bond donors (Lipinski definition) is 1. The quantitative estimate of drug-likeness (QED) is 0.655. The van der Waals surface area contributed by atoms with Gasteiger partial charge in [-0.1, -0.05) is 54.6 Å². The number of anilines is 1. The third-order valence-electron chi connectivity index (χ3n) is 5.55. The molecule has 0 spiro atoms. The Labute approximate surface area is 176 Å². The van der Waals surface area contributed by atoms with Crippen molar-refractivity contribution in [1.29, 1.82) is 0 Å². The number of carbonyl (C=O) groups is 2. The van der Waals surface area contributed by atoms with E-state index in [-0.39, 0.29) is 30.1 Å². The molecule has 5 heteroatoms. The smallest absolute Gasteiger partial charge is 0.226 e. The molecule has 152 valence electrons. The topological polar surface area (TPSA) is 62.3 Å². The fourth-order valence-electron chi connectivity index (χ4n) is 4.10. The maximum Gasteiger partial charge on any atom is 0.226 e. The normalized spacial score (nSPS) is 18.4. The van der Waals surface area contributed by atoms with Gasteiger partial charge in [0, 0.05) is 37.6 Å². The van der Waals surface area contributed by atoms with Gasteiger partial charge in [0.15, 0.2) is 0 Å². The summed E-state index contributed by atoms with van der Waals surface area (Å²) < 4.78 is 0. The van der Waals surface area contributed by atoms with Gasteiger partial charge in [-0.25, -0.2) is 0 Å². The number of likely N-dealkylation sites (tertiary alicyclic amines) is 1. The summed E-state index contributed by atoms with van der Waals surface area (Å²) in [7, 11) is 0. The fraction of sp³-hybridized carbons (Fsp3) is 0.240. The highest BCUT2D eigenvalue weighted by Crippen LogP contribution is 2.32. The lowest BCUT2D eigenvalue weighted by molar-refractivity contribution is -0.133. The Hall–Kier alpha value is -3.47. The molecule has 30 heavy (non-hydrogen) atoms. The maximum atomic E-state index is 13.2. The molecule has 2 heterocycles. The Bertz CT molecular complexity index is 977. The predicted octanol–water partition coefficient (Wildman–Crippen LogP) is 3.93. The van der Waals surface area contributed by atoms with E-state index in [0.717, 1.165) is 17.7 Å². The molecule has 2 atom stereocenters. The SMILES string of the molecule is O=C(C[C@H]1C(=O)N(Cc2cccnc2)C[C@@H]1Cc1ccccc1)Nc1ccccc1. The average molecular weight is 399 g/mol. The van der Waals surface area contributed by atoms with Gasteiger partial charge in [-0.15, -0.1) is 0 Å². The summed E-state index contributed by atoms with van der Waals surface area (Å²) in [6.07, 6.45) is 4.48. The molecule has 1 saturated heterocycles. The number of amides is 2. The summed E-state index contributed by atoms with van der Waals surface area (Å²) in [5, 5.41) is 2.92. The molecule has 2 amide bonds. The van der Waals surface area contributed by atoms with Crippen LogP contribution in [0.25, 0.3) is 0 Å². The molecule has 3 aromatic rings. The highest BCUT2D eigenvalue weighted by Gasteiger charge is 2.41. The van der Waals surface area contributed by atoms with Crippen LogP contribution in [0.3, 0.4) is 0 Å². The molecule has 1 aliphatic rings. The maximum absolute atomic E-state index is 13.2.